The molecule has 132 valence electrons. The largest absolute Gasteiger partial charge is 0.379 e. The summed E-state index contributed by atoms with van der Waals surface area (Å²) in [6.45, 7) is 0. The van der Waals surface area contributed by atoms with E-state index < -0.39 is 11.5 Å². The summed E-state index contributed by atoms with van der Waals surface area (Å²) in [5.41, 5.74) is 6.50. The van der Waals surface area contributed by atoms with Crippen molar-refractivity contribution in [1.29, 1.82) is 0 Å². The Bertz CT molecular complexity index is 779. The highest BCUT2D eigenvalue weighted by molar-refractivity contribution is 5.86. The maximum Gasteiger partial charge on any atom is 0.270 e. The zero-order chi connectivity index (χ0) is 18.2. The quantitative estimate of drug-likeness (QED) is 0.575. The van der Waals surface area contributed by atoms with E-state index in [9.17, 15) is 9.90 Å². The van der Waals surface area contributed by atoms with Crippen molar-refractivity contribution in [1.82, 2.24) is 5.43 Å². The van der Waals surface area contributed by atoms with Gasteiger partial charge < -0.3 is 5.11 Å². The van der Waals surface area contributed by atoms with Gasteiger partial charge in [-0.3, -0.25) is 15.6 Å². The van der Waals surface area contributed by atoms with Gasteiger partial charge in [0.05, 0.1) is 5.69 Å². The molecule has 0 unspecified atom stereocenters. The molecule has 0 aliphatic heterocycles. The SMILES string of the molecule is O=C(NNc1ccccc1)C(O)(Cc1ccccc1)Cc1ccccc1. The summed E-state index contributed by atoms with van der Waals surface area (Å²) in [6, 6.07) is 28.4. The normalized spacial score (nSPS) is 11.0. The molecule has 0 aliphatic rings. The maximum atomic E-state index is 12.8. The molecule has 0 aliphatic carbocycles. The summed E-state index contributed by atoms with van der Waals surface area (Å²) in [5, 5.41) is 11.2. The lowest BCUT2D eigenvalue weighted by atomic mass is 9.87. The van der Waals surface area contributed by atoms with Crippen molar-refractivity contribution in [3.63, 3.8) is 0 Å². The van der Waals surface area contributed by atoms with Gasteiger partial charge in [0.15, 0.2) is 5.60 Å². The molecule has 0 heterocycles. The number of carbonyl (C=O) groups is 1. The van der Waals surface area contributed by atoms with Gasteiger partial charge >= 0.3 is 0 Å². The Labute approximate surface area is 153 Å². The number of nitrogens with one attached hydrogen (secondary N) is 2. The minimum atomic E-state index is -1.56. The lowest BCUT2D eigenvalue weighted by Gasteiger charge is -2.27. The third-order valence-corrected chi connectivity index (χ3v) is 4.20. The number of carbonyl (C=O) groups excluding carboxylic acids is 1. The van der Waals surface area contributed by atoms with E-state index >= 15 is 0 Å². The highest BCUT2D eigenvalue weighted by Crippen LogP contribution is 2.20. The van der Waals surface area contributed by atoms with Gasteiger partial charge in [-0.2, -0.15) is 0 Å². The molecule has 3 aromatic carbocycles. The monoisotopic (exact) mass is 346 g/mol. The summed E-state index contributed by atoms with van der Waals surface area (Å²) in [6.07, 6.45) is 0.454. The Morgan fingerprint density at radius 1 is 0.731 bits per heavy atom. The first-order valence-electron chi connectivity index (χ1n) is 8.57. The second-order valence-electron chi connectivity index (χ2n) is 6.30. The van der Waals surface area contributed by atoms with Crippen molar-refractivity contribution in [2.75, 3.05) is 5.43 Å². The van der Waals surface area contributed by atoms with E-state index in [0.717, 1.165) is 16.8 Å². The minimum absolute atomic E-state index is 0.227. The topological polar surface area (TPSA) is 61.4 Å². The third kappa shape index (κ3) is 4.71. The number of hydrazine groups is 1. The van der Waals surface area contributed by atoms with E-state index in [0.29, 0.717) is 0 Å². The zero-order valence-electron chi connectivity index (χ0n) is 14.4. The van der Waals surface area contributed by atoms with Crippen molar-refractivity contribution in [2.24, 2.45) is 0 Å². The van der Waals surface area contributed by atoms with Gasteiger partial charge in [-0.1, -0.05) is 78.9 Å². The van der Waals surface area contributed by atoms with Crippen LogP contribution in [0, 0.1) is 0 Å². The van der Waals surface area contributed by atoms with Gasteiger partial charge in [0.1, 0.15) is 0 Å². The molecule has 3 aromatic rings. The molecule has 0 saturated carbocycles. The molecule has 26 heavy (non-hydrogen) atoms. The lowest BCUT2D eigenvalue weighted by molar-refractivity contribution is -0.139. The first-order valence-corrected chi connectivity index (χ1v) is 8.57. The number of aliphatic hydroxyl groups is 1. The van der Waals surface area contributed by atoms with E-state index in [1.54, 1.807) is 0 Å². The van der Waals surface area contributed by atoms with E-state index in [1.807, 2.05) is 91.0 Å². The van der Waals surface area contributed by atoms with E-state index in [-0.39, 0.29) is 12.8 Å². The molecule has 4 nitrogen and oxygen atoms in total. The molecule has 0 bridgehead atoms. The highest BCUT2D eigenvalue weighted by Gasteiger charge is 2.36. The average molecular weight is 346 g/mol. The zero-order valence-corrected chi connectivity index (χ0v) is 14.4. The van der Waals surface area contributed by atoms with Gasteiger partial charge in [0.25, 0.3) is 5.91 Å². The number of hydrogen-bond acceptors (Lipinski definition) is 3. The van der Waals surface area contributed by atoms with E-state index in [4.69, 9.17) is 0 Å². The fourth-order valence-corrected chi connectivity index (χ4v) is 2.86. The van der Waals surface area contributed by atoms with Crippen LogP contribution in [0.25, 0.3) is 0 Å². The van der Waals surface area contributed by atoms with Crippen LogP contribution >= 0.6 is 0 Å². The van der Waals surface area contributed by atoms with Crippen molar-refractivity contribution in [3.8, 4) is 0 Å². The van der Waals surface area contributed by atoms with Gasteiger partial charge in [-0.25, -0.2) is 0 Å². The number of anilines is 1. The number of rotatable bonds is 7. The summed E-state index contributed by atoms with van der Waals surface area (Å²) in [5.74, 6) is -0.464. The maximum absolute atomic E-state index is 12.8. The van der Waals surface area contributed by atoms with Gasteiger partial charge in [0.2, 0.25) is 0 Å². The summed E-state index contributed by atoms with van der Waals surface area (Å²) in [7, 11) is 0. The van der Waals surface area contributed by atoms with Crippen LogP contribution in [-0.4, -0.2) is 16.6 Å². The summed E-state index contributed by atoms with van der Waals surface area (Å²) in [4.78, 5) is 12.8. The fourth-order valence-electron chi connectivity index (χ4n) is 2.86. The lowest BCUT2D eigenvalue weighted by Crippen LogP contribution is -2.51. The first-order chi connectivity index (χ1) is 12.7. The second-order valence-corrected chi connectivity index (χ2v) is 6.30. The van der Waals surface area contributed by atoms with Crippen LogP contribution < -0.4 is 10.9 Å². The second kappa shape index (κ2) is 8.32. The molecule has 0 fully saturated rings. The minimum Gasteiger partial charge on any atom is -0.379 e. The molecule has 1 amide bonds. The van der Waals surface area contributed by atoms with Crippen molar-refractivity contribution in [2.45, 2.75) is 18.4 Å². The van der Waals surface area contributed by atoms with Gasteiger partial charge in [-0.15, -0.1) is 0 Å². The standard InChI is InChI=1S/C22H22N2O2/c25-21(24-23-20-14-8-3-9-15-20)22(26,16-18-10-4-1-5-11-18)17-19-12-6-2-7-13-19/h1-15,23,26H,16-17H2,(H,24,25). The third-order valence-electron chi connectivity index (χ3n) is 4.20. The average Bonchev–Trinajstić information content (AvgIpc) is 2.68. The number of benzene rings is 3. The summed E-state index contributed by atoms with van der Waals surface area (Å²) < 4.78 is 0. The number of hydrogen-bond donors (Lipinski definition) is 3. The first kappa shape index (κ1) is 17.7. The molecule has 0 atom stereocenters. The highest BCUT2D eigenvalue weighted by atomic mass is 16.3. The van der Waals surface area contributed by atoms with Gasteiger partial charge in [0, 0.05) is 12.8 Å². The molecular weight excluding hydrogens is 324 g/mol. The van der Waals surface area contributed by atoms with Crippen molar-refractivity contribution >= 4 is 11.6 Å². The van der Waals surface area contributed by atoms with Crippen LogP contribution in [-0.2, 0) is 17.6 Å². The van der Waals surface area contributed by atoms with Gasteiger partial charge in [-0.05, 0) is 23.3 Å². The smallest absolute Gasteiger partial charge is 0.270 e. The Morgan fingerprint density at radius 3 is 1.62 bits per heavy atom. The molecule has 0 spiro atoms. The predicted octanol–water partition coefficient (Wildman–Crippen LogP) is 3.35. The van der Waals surface area contributed by atoms with Crippen LogP contribution in [0.15, 0.2) is 91.0 Å². The van der Waals surface area contributed by atoms with Crippen LogP contribution in [0.3, 0.4) is 0 Å². The Kier molecular flexibility index (Phi) is 5.66. The van der Waals surface area contributed by atoms with Crippen molar-refractivity contribution < 1.29 is 9.90 Å². The number of para-hydroxylation sites is 1. The molecule has 3 rings (SSSR count). The van der Waals surface area contributed by atoms with Crippen molar-refractivity contribution in [3.05, 3.63) is 102 Å². The van der Waals surface area contributed by atoms with Crippen LogP contribution in [0.2, 0.25) is 0 Å². The van der Waals surface area contributed by atoms with Crippen LogP contribution in [0.5, 0.6) is 0 Å². The molecule has 4 heteroatoms. The molecular formula is C22H22N2O2. The molecule has 0 saturated heterocycles. The Balaban J connectivity index is 1.78. The molecule has 0 radical (unpaired) electrons. The van der Waals surface area contributed by atoms with E-state index in [1.165, 1.54) is 0 Å². The van der Waals surface area contributed by atoms with Crippen LogP contribution in [0.4, 0.5) is 5.69 Å². The number of amides is 1. The Morgan fingerprint density at radius 2 is 1.15 bits per heavy atom. The molecule has 0 aromatic heterocycles. The van der Waals surface area contributed by atoms with Crippen LogP contribution in [0.1, 0.15) is 11.1 Å². The summed E-state index contributed by atoms with van der Waals surface area (Å²) >= 11 is 0. The predicted molar refractivity (Wildman–Crippen MR) is 103 cm³/mol. The molecule has 3 N–H and O–H groups in total. The fraction of sp³-hybridized carbons (Fsp3) is 0.136. The van der Waals surface area contributed by atoms with E-state index in [2.05, 4.69) is 10.9 Å². The Hall–Kier alpha value is -3.11.